The van der Waals surface area contributed by atoms with Crippen molar-refractivity contribution in [3.05, 3.63) is 24.3 Å². The van der Waals surface area contributed by atoms with Crippen LogP contribution in [0.3, 0.4) is 0 Å². The monoisotopic (exact) mass is 251 g/mol. The minimum Gasteiger partial charge on any atom is -0.466 e. The van der Waals surface area contributed by atoms with Gasteiger partial charge in [-0.15, -0.1) is 0 Å². The fourth-order valence-corrected chi connectivity index (χ4v) is 1.95. The molecule has 0 unspecified atom stereocenters. The maximum atomic E-state index is 11.8. The second kappa shape index (κ2) is 7.69. The number of piperidine rings is 1. The quantitative estimate of drug-likeness (QED) is 0.435. The fourth-order valence-electron chi connectivity index (χ4n) is 1.95. The number of likely N-dealkylation sites (tertiary alicyclic amines) is 1. The van der Waals surface area contributed by atoms with E-state index in [0.29, 0.717) is 32.5 Å². The molecule has 0 atom stereocenters. The summed E-state index contributed by atoms with van der Waals surface area (Å²) in [4.78, 5) is 25.1. The van der Waals surface area contributed by atoms with Crippen LogP contribution >= 0.6 is 0 Å². The number of allylic oxidation sites excluding steroid dienone is 3. The molecule has 1 fully saturated rings. The summed E-state index contributed by atoms with van der Waals surface area (Å²) in [5.41, 5.74) is 0. The van der Waals surface area contributed by atoms with Crippen molar-refractivity contribution in [1.29, 1.82) is 0 Å². The lowest BCUT2D eigenvalue weighted by Crippen LogP contribution is -2.39. The number of esters is 1. The van der Waals surface area contributed by atoms with Gasteiger partial charge in [0.15, 0.2) is 0 Å². The average Bonchev–Trinajstić information content (AvgIpc) is 2.39. The van der Waals surface area contributed by atoms with Crippen molar-refractivity contribution in [2.75, 3.05) is 19.7 Å². The maximum absolute atomic E-state index is 11.8. The summed E-state index contributed by atoms with van der Waals surface area (Å²) >= 11 is 0. The minimum absolute atomic E-state index is 0.00964. The predicted octanol–water partition coefficient (Wildman–Crippen LogP) is 1.92. The van der Waals surface area contributed by atoms with Crippen LogP contribution in [-0.4, -0.2) is 36.5 Å². The smallest absolute Gasteiger partial charge is 0.309 e. The fraction of sp³-hybridized carbons (Fsp3) is 0.571. The van der Waals surface area contributed by atoms with E-state index < -0.39 is 0 Å². The lowest BCUT2D eigenvalue weighted by Gasteiger charge is -2.30. The Kier molecular flexibility index (Phi) is 6.19. The van der Waals surface area contributed by atoms with E-state index in [0.717, 1.165) is 0 Å². The molecule has 0 aromatic carbocycles. The lowest BCUT2D eigenvalue weighted by molar-refractivity contribution is -0.150. The molecule has 0 saturated carbocycles. The summed E-state index contributed by atoms with van der Waals surface area (Å²) < 4.78 is 4.99. The molecule has 4 nitrogen and oxygen atoms in total. The number of carbonyl (C=O) groups is 2. The highest BCUT2D eigenvalue weighted by molar-refractivity contribution is 5.88. The zero-order valence-electron chi connectivity index (χ0n) is 11.1. The zero-order chi connectivity index (χ0) is 13.4. The molecule has 18 heavy (non-hydrogen) atoms. The van der Waals surface area contributed by atoms with Gasteiger partial charge in [0, 0.05) is 19.2 Å². The molecule has 4 heteroatoms. The number of ether oxygens (including phenoxy) is 1. The van der Waals surface area contributed by atoms with E-state index >= 15 is 0 Å². The Balaban J connectivity index is 2.39. The van der Waals surface area contributed by atoms with Gasteiger partial charge in [-0.1, -0.05) is 18.2 Å². The first-order valence-corrected chi connectivity index (χ1v) is 6.44. The van der Waals surface area contributed by atoms with Crippen molar-refractivity contribution in [3.63, 3.8) is 0 Å². The van der Waals surface area contributed by atoms with Crippen LogP contribution in [0.5, 0.6) is 0 Å². The van der Waals surface area contributed by atoms with Crippen LogP contribution in [0.1, 0.15) is 26.7 Å². The van der Waals surface area contributed by atoms with E-state index in [1.54, 1.807) is 17.1 Å². The molecule has 0 radical (unpaired) electrons. The van der Waals surface area contributed by atoms with Gasteiger partial charge in [0.1, 0.15) is 0 Å². The molecule has 1 rings (SSSR count). The Morgan fingerprint density at radius 3 is 2.50 bits per heavy atom. The number of hydrogen-bond donors (Lipinski definition) is 0. The van der Waals surface area contributed by atoms with Crippen LogP contribution in [-0.2, 0) is 14.3 Å². The van der Waals surface area contributed by atoms with E-state index in [1.165, 1.54) is 0 Å². The van der Waals surface area contributed by atoms with Crippen molar-refractivity contribution in [3.8, 4) is 0 Å². The van der Waals surface area contributed by atoms with E-state index in [2.05, 4.69) is 0 Å². The number of rotatable bonds is 4. The summed E-state index contributed by atoms with van der Waals surface area (Å²) in [6, 6.07) is 0. The second-order valence-corrected chi connectivity index (χ2v) is 4.24. The number of carbonyl (C=O) groups excluding carboxylic acids is 2. The third-order valence-corrected chi connectivity index (χ3v) is 2.97. The molecule has 1 amide bonds. The Morgan fingerprint density at radius 1 is 1.28 bits per heavy atom. The van der Waals surface area contributed by atoms with Gasteiger partial charge < -0.3 is 9.64 Å². The molecule has 0 bridgehead atoms. The van der Waals surface area contributed by atoms with Crippen molar-refractivity contribution in [2.24, 2.45) is 5.92 Å². The lowest BCUT2D eigenvalue weighted by atomic mass is 9.97. The topological polar surface area (TPSA) is 46.6 Å². The summed E-state index contributed by atoms with van der Waals surface area (Å²) in [7, 11) is 0. The highest BCUT2D eigenvalue weighted by Gasteiger charge is 2.27. The molecule has 0 aromatic heterocycles. The first-order chi connectivity index (χ1) is 8.69. The van der Waals surface area contributed by atoms with Gasteiger partial charge in [0.05, 0.1) is 12.5 Å². The SMILES string of the molecule is C/C=C/C=C/C(=O)N1CCC(C(=O)OCC)CC1. The van der Waals surface area contributed by atoms with Gasteiger partial charge in [0.25, 0.3) is 0 Å². The standard InChI is InChI=1S/C14H21NO3/c1-3-5-6-7-13(16)15-10-8-12(9-11-15)14(17)18-4-2/h3,5-7,12H,4,8-11H2,1-2H3/b5-3+,7-6+. The Hall–Kier alpha value is -1.58. The molecule has 1 aliphatic rings. The largest absolute Gasteiger partial charge is 0.466 e. The van der Waals surface area contributed by atoms with Gasteiger partial charge in [-0.25, -0.2) is 0 Å². The van der Waals surface area contributed by atoms with Gasteiger partial charge in [-0.05, 0) is 26.7 Å². The Labute approximate surface area is 108 Å². The van der Waals surface area contributed by atoms with Crippen molar-refractivity contribution >= 4 is 11.9 Å². The minimum atomic E-state index is -0.131. The van der Waals surface area contributed by atoms with E-state index in [1.807, 2.05) is 26.0 Å². The third-order valence-electron chi connectivity index (χ3n) is 2.97. The Morgan fingerprint density at radius 2 is 1.94 bits per heavy atom. The zero-order valence-corrected chi connectivity index (χ0v) is 11.1. The first-order valence-electron chi connectivity index (χ1n) is 6.44. The summed E-state index contributed by atoms with van der Waals surface area (Å²) in [6.45, 7) is 5.39. The Bertz CT molecular complexity index is 339. The molecular formula is C14H21NO3. The molecule has 1 heterocycles. The summed E-state index contributed by atoms with van der Waals surface area (Å²) in [6.07, 6.45) is 8.38. The molecular weight excluding hydrogens is 230 g/mol. The highest BCUT2D eigenvalue weighted by Crippen LogP contribution is 2.18. The second-order valence-electron chi connectivity index (χ2n) is 4.24. The van der Waals surface area contributed by atoms with Crippen molar-refractivity contribution in [2.45, 2.75) is 26.7 Å². The van der Waals surface area contributed by atoms with Crippen LogP contribution in [0, 0.1) is 5.92 Å². The molecule has 0 aromatic rings. The van der Waals surface area contributed by atoms with Gasteiger partial charge in [-0.3, -0.25) is 9.59 Å². The van der Waals surface area contributed by atoms with Crippen LogP contribution in [0.4, 0.5) is 0 Å². The van der Waals surface area contributed by atoms with E-state index in [4.69, 9.17) is 4.74 Å². The number of nitrogens with zero attached hydrogens (tertiary/aromatic N) is 1. The normalized spacial score (nSPS) is 17.6. The summed E-state index contributed by atoms with van der Waals surface area (Å²) in [5.74, 6) is -0.169. The molecule has 0 aliphatic carbocycles. The van der Waals surface area contributed by atoms with E-state index in [-0.39, 0.29) is 17.8 Å². The van der Waals surface area contributed by atoms with Crippen LogP contribution in [0.25, 0.3) is 0 Å². The third kappa shape index (κ3) is 4.35. The molecule has 0 spiro atoms. The molecule has 1 saturated heterocycles. The molecule has 100 valence electrons. The number of hydrogen-bond acceptors (Lipinski definition) is 3. The predicted molar refractivity (Wildman–Crippen MR) is 69.9 cm³/mol. The molecule has 0 N–H and O–H groups in total. The highest BCUT2D eigenvalue weighted by atomic mass is 16.5. The van der Waals surface area contributed by atoms with Crippen LogP contribution < -0.4 is 0 Å². The van der Waals surface area contributed by atoms with Crippen LogP contribution in [0.15, 0.2) is 24.3 Å². The first kappa shape index (κ1) is 14.5. The van der Waals surface area contributed by atoms with Gasteiger partial charge in [-0.2, -0.15) is 0 Å². The molecule has 1 aliphatic heterocycles. The average molecular weight is 251 g/mol. The van der Waals surface area contributed by atoms with E-state index in [9.17, 15) is 9.59 Å². The maximum Gasteiger partial charge on any atom is 0.309 e. The van der Waals surface area contributed by atoms with Gasteiger partial charge >= 0.3 is 5.97 Å². The number of amides is 1. The van der Waals surface area contributed by atoms with Crippen molar-refractivity contribution < 1.29 is 14.3 Å². The summed E-state index contributed by atoms with van der Waals surface area (Å²) in [5, 5.41) is 0. The van der Waals surface area contributed by atoms with Crippen molar-refractivity contribution in [1.82, 2.24) is 4.90 Å². The van der Waals surface area contributed by atoms with Crippen LogP contribution in [0.2, 0.25) is 0 Å². The van der Waals surface area contributed by atoms with Gasteiger partial charge in [0.2, 0.25) is 5.91 Å².